The molecule has 21 heavy (non-hydrogen) atoms. The van der Waals surface area contributed by atoms with Crippen molar-refractivity contribution in [2.24, 2.45) is 0 Å². The molecule has 112 valence electrons. The molecule has 1 atom stereocenters. The van der Waals surface area contributed by atoms with E-state index in [2.05, 4.69) is 5.32 Å². The number of carbonyl (C=O) groups excluding carboxylic acids is 3. The van der Waals surface area contributed by atoms with Crippen LogP contribution in [-0.4, -0.2) is 31.1 Å². The van der Waals surface area contributed by atoms with Crippen molar-refractivity contribution in [3.63, 3.8) is 0 Å². The number of ether oxygens (including phenoxy) is 1. The minimum atomic E-state index is -1.08. The van der Waals surface area contributed by atoms with Crippen LogP contribution in [0.1, 0.15) is 12.5 Å². The van der Waals surface area contributed by atoms with Crippen LogP contribution < -0.4 is 10.6 Å². The number of rotatable bonds is 4. The van der Waals surface area contributed by atoms with E-state index in [0.29, 0.717) is 5.02 Å². The third-order valence-electron chi connectivity index (χ3n) is 2.41. The molecule has 0 bridgehead atoms. The largest absolute Gasteiger partial charge is 0.449 e. The number of amides is 3. The molecule has 0 saturated heterocycles. The van der Waals surface area contributed by atoms with Crippen LogP contribution in [0.25, 0.3) is 6.08 Å². The van der Waals surface area contributed by atoms with E-state index in [4.69, 9.17) is 16.3 Å². The first-order valence-corrected chi connectivity index (χ1v) is 6.47. The molecular weight excluding hydrogens is 296 g/mol. The number of hydrogen-bond acceptors (Lipinski definition) is 4. The van der Waals surface area contributed by atoms with Gasteiger partial charge >= 0.3 is 12.0 Å². The standard InChI is InChI=1S/C14H15ClN2O4/c1-9(13(19)17-14(20)16-2)21-12(18)8-5-10-3-6-11(15)7-4-10/h3-9H,1-2H3,(H2,16,17,19,20)/b8-5+/t9-/m1/s1. The first kappa shape index (κ1) is 16.7. The second-order valence-corrected chi connectivity index (χ2v) is 4.47. The number of benzene rings is 1. The second kappa shape index (κ2) is 8.06. The van der Waals surface area contributed by atoms with E-state index in [1.807, 2.05) is 5.32 Å². The summed E-state index contributed by atoms with van der Waals surface area (Å²) in [6.45, 7) is 1.37. The van der Waals surface area contributed by atoms with Crippen molar-refractivity contribution in [2.75, 3.05) is 7.05 Å². The van der Waals surface area contributed by atoms with Gasteiger partial charge in [0.25, 0.3) is 5.91 Å². The van der Waals surface area contributed by atoms with Gasteiger partial charge < -0.3 is 10.1 Å². The fourth-order valence-corrected chi connectivity index (χ4v) is 1.41. The lowest BCUT2D eigenvalue weighted by atomic mass is 10.2. The molecular formula is C14H15ClN2O4. The molecule has 6 nitrogen and oxygen atoms in total. The lowest BCUT2D eigenvalue weighted by molar-refractivity contribution is -0.149. The fraction of sp³-hybridized carbons (Fsp3) is 0.214. The van der Waals surface area contributed by atoms with E-state index in [1.165, 1.54) is 26.1 Å². The van der Waals surface area contributed by atoms with Crippen molar-refractivity contribution in [3.8, 4) is 0 Å². The molecule has 1 aromatic rings. The monoisotopic (exact) mass is 310 g/mol. The Morgan fingerprint density at radius 3 is 2.43 bits per heavy atom. The van der Waals surface area contributed by atoms with Gasteiger partial charge in [0.15, 0.2) is 6.10 Å². The SMILES string of the molecule is CNC(=O)NC(=O)[C@@H](C)OC(=O)/C=C/c1ccc(Cl)cc1. The number of halogens is 1. The highest BCUT2D eigenvalue weighted by Gasteiger charge is 2.18. The fourth-order valence-electron chi connectivity index (χ4n) is 1.28. The minimum Gasteiger partial charge on any atom is -0.449 e. The van der Waals surface area contributed by atoms with Crippen molar-refractivity contribution in [1.82, 2.24) is 10.6 Å². The van der Waals surface area contributed by atoms with Crippen molar-refractivity contribution in [3.05, 3.63) is 40.9 Å². The van der Waals surface area contributed by atoms with Gasteiger partial charge in [0.1, 0.15) is 0 Å². The highest BCUT2D eigenvalue weighted by Crippen LogP contribution is 2.10. The van der Waals surface area contributed by atoms with Crippen LogP contribution in [-0.2, 0) is 14.3 Å². The Bertz CT molecular complexity index is 555. The molecule has 0 unspecified atom stereocenters. The maximum atomic E-state index is 11.5. The molecule has 0 radical (unpaired) electrons. The Kier molecular flexibility index (Phi) is 6.42. The molecule has 0 aromatic heterocycles. The molecule has 7 heteroatoms. The first-order valence-electron chi connectivity index (χ1n) is 6.09. The van der Waals surface area contributed by atoms with E-state index in [-0.39, 0.29) is 0 Å². The normalized spacial score (nSPS) is 11.8. The topological polar surface area (TPSA) is 84.5 Å². The van der Waals surface area contributed by atoms with Gasteiger partial charge in [0, 0.05) is 18.1 Å². The van der Waals surface area contributed by atoms with Crippen molar-refractivity contribution in [2.45, 2.75) is 13.0 Å². The third kappa shape index (κ3) is 6.09. The Labute approximate surface area is 127 Å². The van der Waals surface area contributed by atoms with E-state index < -0.39 is 24.0 Å². The van der Waals surface area contributed by atoms with E-state index in [0.717, 1.165) is 5.56 Å². The zero-order valence-corrected chi connectivity index (χ0v) is 12.3. The third-order valence-corrected chi connectivity index (χ3v) is 2.66. The molecule has 0 spiro atoms. The van der Waals surface area contributed by atoms with Crippen LogP contribution >= 0.6 is 11.6 Å². The summed E-state index contributed by atoms with van der Waals surface area (Å²) in [5, 5.41) is 4.82. The molecule has 1 aromatic carbocycles. The molecule has 0 heterocycles. The summed E-state index contributed by atoms with van der Waals surface area (Å²) in [5.41, 5.74) is 0.763. The van der Waals surface area contributed by atoms with Gasteiger partial charge in [-0.05, 0) is 30.7 Å². The highest BCUT2D eigenvalue weighted by atomic mass is 35.5. The average molecular weight is 311 g/mol. The average Bonchev–Trinajstić information content (AvgIpc) is 2.46. The zero-order chi connectivity index (χ0) is 15.8. The minimum absolute atomic E-state index is 0.592. The van der Waals surface area contributed by atoms with Crippen LogP contribution in [0, 0.1) is 0 Å². The number of carbonyl (C=O) groups is 3. The molecule has 3 amide bonds. The Hall–Kier alpha value is -2.34. The van der Waals surface area contributed by atoms with E-state index >= 15 is 0 Å². The van der Waals surface area contributed by atoms with Gasteiger partial charge in [0.2, 0.25) is 0 Å². The number of nitrogens with one attached hydrogen (secondary N) is 2. The van der Waals surface area contributed by atoms with Crippen LogP contribution in [0.4, 0.5) is 4.79 Å². The number of hydrogen-bond donors (Lipinski definition) is 2. The molecule has 0 fully saturated rings. The smallest absolute Gasteiger partial charge is 0.331 e. The van der Waals surface area contributed by atoms with Crippen LogP contribution in [0.15, 0.2) is 30.3 Å². The summed E-state index contributed by atoms with van der Waals surface area (Å²) < 4.78 is 4.86. The molecule has 2 N–H and O–H groups in total. The molecule has 0 aliphatic heterocycles. The van der Waals surface area contributed by atoms with Gasteiger partial charge in [0.05, 0.1) is 0 Å². The predicted molar refractivity (Wildman–Crippen MR) is 78.6 cm³/mol. The lowest BCUT2D eigenvalue weighted by Crippen LogP contribution is -2.43. The summed E-state index contributed by atoms with van der Waals surface area (Å²) in [6.07, 6.45) is 1.64. The number of esters is 1. The zero-order valence-electron chi connectivity index (χ0n) is 11.6. The van der Waals surface area contributed by atoms with E-state index in [1.54, 1.807) is 24.3 Å². The van der Waals surface area contributed by atoms with Crippen LogP contribution in [0.2, 0.25) is 5.02 Å². The second-order valence-electron chi connectivity index (χ2n) is 4.03. The van der Waals surface area contributed by atoms with Gasteiger partial charge in [-0.2, -0.15) is 0 Å². The highest BCUT2D eigenvalue weighted by molar-refractivity contribution is 6.30. The molecule has 1 rings (SSSR count). The van der Waals surface area contributed by atoms with Gasteiger partial charge in [-0.3, -0.25) is 10.1 Å². The quantitative estimate of drug-likeness (QED) is 0.655. The van der Waals surface area contributed by atoms with Crippen LogP contribution in [0.3, 0.4) is 0 Å². The van der Waals surface area contributed by atoms with Gasteiger partial charge in [-0.25, -0.2) is 9.59 Å². The number of imide groups is 1. The van der Waals surface area contributed by atoms with E-state index in [9.17, 15) is 14.4 Å². The van der Waals surface area contributed by atoms with Crippen molar-refractivity contribution < 1.29 is 19.1 Å². The Morgan fingerprint density at radius 1 is 1.24 bits per heavy atom. The molecule has 0 saturated carbocycles. The summed E-state index contributed by atoms with van der Waals surface area (Å²) in [5.74, 6) is -1.40. The van der Waals surface area contributed by atoms with Crippen LogP contribution in [0.5, 0.6) is 0 Å². The summed E-state index contributed by atoms with van der Waals surface area (Å²) in [4.78, 5) is 34.0. The van der Waals surface area contributed by atoms with Gasteiger partial charge in [-0.15, -0.1) is 0 Å². The summed E-state index contributed by atoms with van der Waals surface area (Å²) in [6, 6.07) is 6.17. The maximum Gasteiger partial charge on any atom is 0.331 e. The van der Waals surface area contributed by atoms with Crippen molar-refractivity contribution in [1.29, 1.82) is 0 Å². The summed E-state index contributed by atoms with van der Waals surface area (Å²) in [7, 11) is 1.37. The molecule has 0 aliphatic rings. The summed E-state index contributed by atoms with van der Waals surface area (Å²) >= 11 is 5.74. The maximum absolute atomic E-state index is 11.5. The van der Waals surface area contributed by atoms with Crippen molar-refractivity contribution >= 4 is 35.6 Å². The first-order chi connectivity index (χ1) is 9.92. The van der Waals surface area contributed by atoms with Gasteiger partial charge in [-0.1, -0.05) is 23.7 Å². The predicted octanol–water partition coefficient (Wildman–Crippen LogP) is 1.74. The molecule has 0 aliphatic carbocycles. The number of urea groups is 1. The Balaban J connectivity index is 2.51. The lowest BCUT2D eigenvalue weighted by Gasteiger charge is -2.11. The Morgan fingerprint density at radius 2 is 1.86 bits per heavy atom.